The minimum Gasteiger partial charge on any atom is -0.325 e. The fourth-order valence-corrected chi connectivity index (χ4v) is 4.31. The maximum atomic E-state index is 12.3. The Kier molecular flexibility index (Phi) is 7.02. The van der Waals surface area contributed by atoms with Crippen molar-refractivity contribution in [2.24, 2.45) is 0 Å². The van der Waals surface area contributed by atoms with Crippen LogP contribution in [-0.2, 0) is 9.59 Å². The fraction of sp³-hybridized carbons (Fsp3) is 0.227. The molecule has 0 aliphatic carbocycles. The number of hydrogen-bond donors (Lipinski definition) is 2. The number of hydrogen-bond acceptors (Lipinski definition) is 5. The second-order valence-electron chi connectivity index (χ2n) is 6.64. The molecule has 2 aromatic carbocycles. The van der Waals surface area contributed by atoms with Gasteiger partial charge in [-0.25, -0.2) is 0 Å². The van der Waals surface area contributed by atoms with Gasteiger partial charge in [-0.15, -0.1) is 11.8 Å². The molecule has 5 nitrogen and oxygen atoms in total. The lowest BCUT2D eigenvalue weighted by Crippen LogP contribution is -2.31. The zero-order chi connectivity index (χ0) is 20.8. The number of thioether (sulfide) groups is 2. The van der Waals surface area contributed by atoms with Crippen LogP contribution in [0.4, 0.5) is 5.69 Å². The van der Waals surface area contributed by atoms with Crippen molar-refractivity contribution in [1.29, 1.82) is 5.26 Å². The van der Waals surface area contributed by atoms with Gasteiger partial charge in [-0.05, 0) is 43.0 Å². The molecule has 0 unspecified atom stereocenters. The molecule has 1 atom stereocenters. The second-order valence-corrected chi connectivity index (χ2v) is 8.50. The molecular weight excluding hydrogens is 402 g/mol. The van der Waals surface area contributed by atoms with Crippen LogP contribution in [0.1, 0.15) is 23.5 Å². The Hall–Kier alpha value is -2.69. The smallest absolute Gasteiger partial charge is 0.234 e. The summed E-state index contributed by atoms with van der Waals surface area (Å²) in [6, 6.07) is 17.7. The summed E-state index contributed by atoms with van der Waals surface area (Å²) in [5, 5.41) is 15.8. The minimum atomic E-state index is -0.299. The van der Waals surface area contributed by atoms with Crippen molar-refractivity contribution in [3.05, 3.63) is 70.3 Å². The first kappa shape index (κ1) is 21.0. The SMILES string of the molecule is CSc1ccc([C@H]2CC(=O)NC(SCC(=O)Nc3ccc(C)cc3)=C2C#N)cc1. The van der Waals surface area contributed by atoms with E-state index in [1.807, 2.05) is 61.7 Å². The molecule has 2 N–H and O–H groups in total. The van der Waals surface area contributed by atoms with E-state index in [1.54, 1.807) is 11.8 Å². The molecule has 0 saturated heterocycles. The highest BCUT2D eigenvalue weighted by Gasteiger charge is 2.29. The van der Waals surface area contributed by atoms with Gasteiger partial charge in [0.2, 0.25) is 11.8 Å². The van der Waals surface area contributed by atoms with Crippen molar-refractivity contribution in [1.82, 2.24) is 5.32 Å². The number of carbonyl (C=O) groups is 2. The van der Waals surface area contributed by atoms with Gasteiger partial charge in [0.25, 0.3) is 0 Å². The third-order valence-electron chi connectivity index (χ3n) is 4.56. The summed E-state index contributed by atoms with van der Waals surface area (Å²) in [4.78, 5) is 25.6. The van der Waals surface area contributed by atoms with Gasteiger partial charge >= 0.3 is 0 Å². The van der Waals surface area contributed by atoms with Crippen LogP contribution in [-0.4, -0.2) is 23.8 Å². The average molecular weight is 424 g/mol. The first-order valence-electron chi connectivity index (χ1n) is 9.07. The van der Waals surface area contributed by atoms with Crippen LogP contribution >= 0.6 is 23.5 Å². The summed E-state index contributed by atoms with van der Waals surface area (Å²) >= 11 is 2.82. The largest absolute Gasteiger partial charge is 0.325 e. The van der Waals surface area contributed by atoms with E-state index >= 15 is 0 Å². The number of amides is 2. The van der Waals surface area contributed by atoms with Crippen LogP contribution in [0.5, 0.6) is 0 Å². The second kappa shape index (κ2) is 9.68. The van der Waals surface area contributed by atoms with Gasteiger partial charge in [0.15, 0.2) is 0 Å². The number of nitriles is 1. The lowest BCUT2D eigenvalue weighted by Gasteiger charge is -2.25. The van der Waals surface area contributed by atoms with E-state index in [0.29, 0.717) is 10.6 Å². The molecule has 29 heavy (non-hydrogen) atoms. The van der Waals surface area contributed by atoms with Crippen LogP contribution in [0.3, 0.4) is 0 Å². The Bertz CT molecular complexity index is 977. The first-order chi connectivity index (χ1) is 14.0. The molecule has 0 saturated carbocycles. The van der Waals surface area contributed by atoms with Gasteiger partial charge in [-0.3, -0.25) is 9.59 Å². The van der Waals surface area contributed by atoms with Gasteiger partial charge in [0.05, 0.1) is 22.4 Å². The molecule has 2 aromatic rings. The van der Waals surface area contributed by atoms with Crippen molar-refractivity contribution < 1.29 is 9.59 Å². The minimum absolute atomic E-state index is 0.104. The molecule has 1 aliphatic heterocycles. The Morgan fingerprint density at radius 2 is 1.90 bits per heavy atom. The average Bonchev–Trinajstić information content (AvgIpc) is 2.73. The van der Waals surface area contributed by atoms with Crippen LogP contribution in [0.15, 0.2) is 64.0 Å². The number of rotatable bonds is 6. The molecule has 2 amide bonds. The number of anilines is 1. The summed E-state index contributed by atoms with van der Waals surface area (Å²) in [6.45, 7) is 1.98. The Morgan fingerprint density at radius 3 is 2.52 bits per heavy atom. The number of benzene rings is 2. The van der Waals surface area contributed by atoms with Crippen molar-refractivity contribution in [3.63, 3.8) is 0 Å². The van der Waals surface area contributed by atoms with Crippen molar-refractivity contribution in [2.75, 3.05) is 17.3 Å². The summed E-state index contributed by atoms with van der Waals surface area (Å²) in [5.41, 5.74) is 3.25. The highest BCUT2D eigenvalue weighted by molar-refractivity contribution is 8.03. The molecule has 1 aliphatic rings. The molecular formula is C22H21N3O2S2. The van der Waals surface area contributed by atoms with Gasteiger partial charge in [0.1, 0.15) is 0 Å². The zero-order valence-corrected chi connectivity index (χ0v) is 17.8. The quantitative estimate of drug-likeness (QED) is 0.672. The van der Waals surface area contributed by atoms with E-state index in [-0.39, 0.29) is 29.9 Å². The standard InChI is InChI=1S/C22H21N3O2S2/c1-14-3-7-16(8-4-14)24-21(27)13-29-22-19(12-23)18(11-20(26)25-22)15-5-9-17(28-2)10-6-15/h3-10,18H,11,13H2,1-2H3,(H,24,27)(H,25,26)/t18-/m1/s1. The summed E-state index contributed by atoms with van der Waals surface area (Å²) in [6.07, 6.45) is 2.22. The van der Waals surface area contributed by atoms with E-state index in [2.05, 4.69) is 16.7 Å². The number of aryl methyl sites for hydroxylation is 1. The Labute approximate surface area is 179 Å². The van der Waals surface area contributed by atoms with Gasteiger partial charge in [-0.1, -0.05) is 41.6 Å². The maximum Gasteiger partial charge on any atom is 0.234 e. The summed E-state index contributed by atoms with van der Waals surface area (Å²) in [7, 11) is 0. The topological polar surface area (TPSA) is 82.0 Å². The van der Waals surface area contributed by atoms with Gasteiger partial charge in [-0.2, -0.15) is 5.26 Å². The van der Waals surface area contributed by atoms with E-state index in [1.165, 1.54) is 11.8 Å². The molecule has 3 rings (SSSR count). The van der Waals surface area contributed by atoms with Crippen LogP contribution in [0.2, 0.25) is 0 Å². The van der Waals surface area contributed by atoms with Gasteiger partial charge < -0.3 is 10.6 Å². The van der Waals surface area contributed by atoms with Gasteiger partial charge in [0, 0.05) is 22.9 Å². The first-order valence-corrected chi connectivity index (χ1v) is 11.3. The van der Waals surface area contributed by atoms with Crippen LogP contribution < -0.4 is 10.6 Å². The molecule has 0 radical (unpaired) electrons. The molecule has 148 valence electrons. The number of carbonyl (C=O) groups excluding carboxylic acids is 2. The molecule has 0 bridgehead atoms. The third kappa shape index (κ3) is 5.43. The predicted molar refractivity (Wildman–Crippen MR) is 119 cm³/mol. The van der Waals surface area contributed by atoms with Crippen molar-refractivity contribution >= 4 is 41.0 Å². The van der Waals surface area contributed by atoms with Crippen molar-refractivity contribution in [3.8, 4) is 6.07 Å². The maximum absolute atomic E-state index is 12.3. The highest BCUT2D eigenvalue weighted by Crippen LogP contribution is 2.36. The van der Waals surface area contributed by atoms with Crippen LogP contribution in [0.25, 0.3) is 0 Å². The molecule has 0 aromatic heterocycles. The third-order valence-corrected chi connectivity index (χ3v) is 6.32. The van der Waals surface area contributed by atoms with E-state index in [4.69, 9.17) is 0 Å². The summed E-state index contributed by atoms with van der Waals surface area (Å²) < 4.78 is 0. The number of nitrogens with zero attached hydrogens (tertiary/aromatic N) is 1. The molecule has 1 heterocycles. The zero-order valence-electron chi connectivity index (χ0n) is 16.2. The normalized spacial score (nSPS) is 16.2. The monoisotopic (exact) mass is 423 g/mol. The summed E-state index contributed by atoms with van der Waals surface area (Å²) in [5.74, 6) is -0.534. The molecule has 0 spiro atoms. The number of allylic oxidation sites excluding steroid dienone is 1. The van der Waals surface area contributed by atoms with Crippen LogP contribution in [0, 0.1) is 18.3 Å². The Morgan fingerprint density at radius 1 is 1.21 bits per heavy atom. The van der Waals surface area contributed by atoms with E-state index in [9.17, 15) is 14.9 Å². The lowest BCUT2D eigenvalue weighted by atomic mass is 9.87. The van der Waals surface area contributed by atoms with Crippen molar-refractivity contribution in [2.45, 2.75) is 24.2 Å². The lowest BCUT2D eigenvalue weighted by molar-refractivity contribution is -0.121. The molecule has 0 fully saturated rings. The number of nitrogens with one attached hydrogen (secondary N) is 2. The van der Waals surface area contributed by atoms with E-state index < -0.39 is 0 Å². The predicted octanol–water partition coefficient (Wildman–Crippen LogP) is 4.43. The van der Waals surface area contributed by atoms with E-state index in [0.717, 1.165) is 21.7 Å². The molecule has 7 heteroatoms. The Balaban J connectivity index is 1.73. The fourth-order valence-electron chi connectivity index (χ4n) is 3.03. The highest BCUT2D eigenvalue weighted by atomic mass is 32.2.